The molecule has 0 spiro atoms. The lowest BCUT2D eigenvalue weighted by atomic mass is 9.65. The molecular weight excluding hydrogens is 506 g/mol. The first kappa shape index (κ1) is 34.1. The van der Waals surface area contributed by atoms with Crippen LogP contribution in [-0.4, -0.2) is 58.9 Å². The summed E-state index contributed by atoms with van der Waals surface area (Å²) in [4.78, 5) is 55.1. The summed E-state index contributed by atoms with van der Waals surface area (Å²) in [6.07, 6.45) is 6.73. The number of ketones is 1. The van der Waals surface area contributed by atoms with E-state index in [0.29, 0.717) is 25.8 Å². The van der Waals surface area contributed by atoms with Gasteiger partial charge in [0.1, 0.15) is 17.7 Å². The summed E-state index contributed by atoms with van der Waals surface area (Å²) in [5, 5.41) is 5.90. The molecule has 230 valence electrons. The molecule has 40 heavy (non-hydrogen) atoms. The number of Topliss-reactive ketones (excluding diaryl/α,β-unsaturated/α-hetero) is 1. The van der Waals surface area contributed by atoms with Crippen molar-refractivity contribution in [3.8, 4) is 0 Å². The molecule has 0 aromatic heterocycles. The van der Waals surface area contributed by atoms with Crippen molar-refractivity contribution >= 4 is 23.7 Å². The maximum Gasteiger partial charge on any atom is 0.408 e. The quantitative estimate of drug-likeness (QED) is 0.269. The fourth-order valence-corrected chi connectivity index (χ4v) is 6.06. The van der Waals surface area contributed by atoms with Gasteiger partial charge in [0.25, 0.3) is 0 Å². The zero-order valence-corrected chi connectivity index (χ0v) is 26.9. The number of likely N-dealkylation sites (tertiary alicyclic amines) is 1. The van der Waals surface area contributed by atoms with E-state index >= 15 is 0 Å². The Labute approximate surface area is 243 Å². The largest absolute Gasteiger partial charge is 0.444 e. The molecule has 3 unspecified atom stereocenters. The second-order valence-corrected chi connectivity index (χ2v) is 14.2. The topological polar surface area (TPSA) is 105 Å². The van der Waals surface area contributed by atoms with Crippen LogP contribution in [-0.2, 0) is 19.1 Å². The van der Waals surface area contributed by atoms with Gasteiger partial charge in [-0.3, -0.25) is 14.4 Å². The van der Waals surface area contributed by atoms with Crippen molar-refractivity contribution in [2.75, 3.05) is 6.54 Å². The predicted octanol–water partition coefficient (Wildman–Crippen LogP) is 6.01. The van der Waals surface area contributed by atoms with Crippen LogP contribution in [0.25, 0.3) is 0 Å². The number of amides is 3. The van der Waals surface area contributed by atoms with Crippen LogP contribution in [0.15, 0.2) is 0 Å². The van der Waals surface area contributed by atoms with Crippen molar-refractivity contribution in [3.63, 3.8) is 0 Å². The van der Waals surface area contributed by atoms with E-state index in [1.807, 2.05) is 41.5 Å². The van der Waals surface area contributed by atoms with Crippen molar-refractivity contribution in [2.45, 2.75) is 151 Å². The predicted molar refractivity (Wildman–Crippen MR) is 159 cm³/mol. The van der Waals surface area contributed by atoms with Gasteiger partial charge in [-0.15, -0.1) is 0 Å². The first-order chi connectivity index (χ1) is 18.5. The van der Waals surface area contributed by atoms with Gasteiger partial charge in [-0.2, -0.15) is 0 Å². The van der Waals surface area contributed by atoms with Crippen molar-refractivity contribution in [1.29, 1.82) is 0 Å². The summed E-state index contributed by atoms with van der Waals surface area (Å²) >= 11 is 0. The Hall–Kier alpha value is -2.12. The van der Waals surface area contributed by atoms with Crippen LogP contribution in [0.3, 0.4) is 0 Å². The third-order valence-corrected chi connectivity index (χ3v) is 9.90. The molecule has 1 aliphatic carbocycles. The lowest BCUT2D eigenvalue weighted by Gasteiger charge is -2.46. The highest BCUT2D eigenvalue weighted by atomic mass is 16.6. The second-order valence-electron chi connectivity index (χ2n) is 14.2. The van der Waals surface area contributed by atoms with Crippen LogP contribution >= 0.6 is 0 Å². The lowest BCUT2D eigenvalue weighted by Crippen LogP contribution is -2.61. The zero-order chi connectivity index (χ0) is 30.5. The van der Waals surface area contributed by atoms with Crippen LogP contribution in [0, 0.1) is 22.7 Å². The van der Waals surface area contributed by atoms with Gasteiger partial charge in [0.15, 0.2) is 5.78 Å². The Kier molecular flexibility index (Phi) is 11.7. The summed E-state index contributed by atoms with van der Waals surface area (Å²) in [6, 6.07) is -2.04. The average Bonchev–Trinajstić information content (AvgIpc) is 3.27. The monoisotopic (exact) mass is 563 g/mol. The van der Waals surface area contributed by atoms with Crippen LogP contribution in [0.5, 0.6) is 0 Å². The molecule has 1 saturated carbocycles. The van der Waals surface area contributed by atoms with Gasteiger partial charge < -0.3 is 20.3 Å². The molecule has 2 aliphatic rings. The second kappa shape index (κ2) is 13.7. The molecule has 0 aromatic rings. The minimum absolute atomic E-state index is 0.0816. The van der Waals surface area contributed by atoms with E-state index in [1.54, 1.807) is 4.90 Å². The number of ether oxygens (including phenoxy) is 1. The van der Waals surface area contributed by atoms with Crippen molar-refractivity contribution in [2.24, 2.45) is 22.7 Å². The first-order valence-electron chi connectivity index (χ1n) is 15.6. The summed E-state index contributed by atoms with van der Waals surface area (Å²) in [6.45, 7) is 20.3. The Morgan fingerprint density at radius 1 is 1.00 bits per heavy atom. The number of nitrogens with zero attached hydrogens (tertiary/aromatic N) is 1. The molecule has 2 fully saturated rings. The molecule has 1 saturated heterocycles. The average molecular weight is 564 g/mol. The van der Waals surface area contributed by atoms with Crippen LogP contribution in [0.1, 0.15) is 127 Å². The number of rotatable bonds is 14. The molecule has 0 bridgehead atoms. The molecule has 0 aromatic carbocycles. The highest BCUT2D eigenvalue weighted by molar-refractivity contribution is 5.94. The Morgan fingerprint density at radius 3 is 2.05 bits per heavy atom. The number of hydrogen-bond donors (Lipinski definition) is 2. The smallest absolute Gasteiger partial charge is 0.408 e. The lowest BCUT2D eigenvalue weighted by molar-refractivity contribution is -0.144. The van der Waals surface area contributed by atoms with E-state index in [9.17, 15) is 19.2 Å². The normalized spacial score (nSPS) is 22.3. The molecule has 4 atom stereocenters. The van der Waals surface area contributed by atoms with Crippen LogP contribution in [0.2, 0.25) is 0 Å². The molecule has 8 nitrogen and oxygen atoms in total. The zero-order valence-electron chi connectivity index (χ0n) is 26.9. The van der Waals surface area contributed by atoms with Gasteiger partial charge in [0.05, 0.1) is 6.04 Å². The summed E-state index contributed by atoms with van der Waals surface area (Å²) in [7, 11) is 0. The van der Waals surface area contributed by atoms with Gasteiger partial charge in [-0.25, -0.2) is 4.79 Å². The maximum absolute atomic E-state index is 14.3. The third kappa shape index (κ3) is 8.69. The molecule has 1 aliphatic heterocycles. The molecule has 3 amide bonds. The van der Waals surface area contributed by atoms with Gasteiger partial charge in [-0.05, 0) is 82.0 Å². The standard InChI is InChI=1S/C32H57N3O5/c1-11-30(7,8)40-29(39)34-26(32(10)15-14-16-32)28(38)35-20-23(19-31(9,12-2)13-3)18-25(35)27(37)33-24(22(6)36)17-21(4)5/h21,23-26H,11-20H2,1-10H3,(H,33,37)(H,34,39)/t23-,24?,25?,26?/m0/s1. The highest BCUT2D eigenvalue weighted by Gasteiger charge is 2.50. The number of hydrogen-bond acceptors (Lipinski definition) is 5. The van der Waals surface area contributed by atoms with Crippen LogP contribution in [0.4, 0.5) is 4.79 Å². The maximum atomic E-state index is 14.3. The molecule has 0 radical (unpaired) electrons. The Morgan fingerprint density at radius 2 is 1.60 bits per heavy atom. The fraction of sp³-hybridized carbons (Fsp3) is 0.875. The van der Waals surface area contributed by atoms with Gasteiger partial charge in [-0.1, -0.05) is 67.7 Å². The van der Waals surface area contributed by atoms with Crippen molar-refractivity contribution in [1.82, 2.24) is 15.5 Å². The number of carbonyl (C=O) groups excluding carboxylic acids is 4. The highest BCUT2D eigenvalue weighted by Crippen LogP contribution is 2.45. The molecule has 2 N–H and O–H groups in total. The third-order valence-electron chi connectivity index (χ3n) is 9.90. The van der Waals surface area contributed by atoms with E-state index in [-0.39, 0.29) is 34.8 Å². The van der Waals surface area contributed by atoms with Crippen molar-refractivity contribution < 1.29 is 23.9 Å². The van der Waals surface area contributed by atoms with E-state index < -0.39 is 35.2 Å². The SMILES string of the molecule is CCC(C)(CC)C[C@@H]1CC(C(=O)NC(CC(C)C)C(C)=O)N(C(=O)C(NC(=O)OC(C)(C)CC)C2(C)CCC2)C1. The minimum atomic E-state index is -0.779. The Bertz CT molecular complexity index is 906. The molecule has 8 heteroatoms. The summed E-state index contributed by atoms with van der Waals surface area (Å²) < 4.78 is 5.66. The molecule has 1 heterocycles. The van der Waals surface area contributed by atoms with Gasteiger partial charge in [0.2, 0.25) is 11.8 Å². The minimum Gasteiger partial charge on any atom is -0.444 e. The molecular formula is C32H57N3O5. The number of nitrogens with one attached hydrogen (secondary N) is 2. The van der Waals surface area contributed by atoms with E-state index in [4.69, 9.17) is 4.74 Å². The van der Waals surface area contributed by atoms with E-state index in [2.05, 4.69) is 31.4 Å². The first-order valence-corrected chi connectivity index (χ1v) is 15.6. The summed E-state index contributed by atoms with van der Waals surface area (Å²) in [5.74, 6) is -0.190. The summed E-state index contributed by atoms with van der Waals surface area (Å²) in [5.41, 5.74) is -0.924. The van der Waals surface area contributed by atoms with E-state index in [0.717, 1.165) is 38.5 Å². The number of alkyl carbamates (subject to hydrolysis) is 1. The van der Waals surface area contributed by atoms with Gasteiger partial charge in [0, 0.05) is 6.54 Å². The van der Waals surface area contributed by atoms with E-state index in [1.165, 1.54) is 6.92 Å². The fourth-order valence-electron chi connectivity index (χ4n) is 6.06. The Balaban J connectivity index is 2.38. The van der Waals surface area contributed by atoms with Gasteiger partial charge >= 0.3 is 6.09 Å². The van der Waals surface area contributed by atoms with Crippen molar-refractivity contribution in [3.05, 3.63) is 0 Å². The van der Waals surface area contributed by atoms with Crippen LogP contribution < -0.4 is 10.6 Å². The number of carbonyl (C=O) groups is 4. The molecule has 2 rings (SSSR count).